The van der Waals surface area contributed by atoms with E-state index in [0.717, 1.165) is 40.1 Å². The number of hydrogen-bond donors (Lipinski definition) is 0. The van der Waals surface area contributed by atoms with E-state index in [1.807, 2.05) is 25.1 Å². The maximum Gasteiger partial charge on any atom is 0.161 e. The zero-order chi connectivity index (χ0) is 17.5. The van der Waals surface area contributed by atoms with E-state index in [1.165, 1.54) is 11.1 Å². The van der Waals surface area contributed by atoms with E-state index in [9.17, 15) is 0 Å². The van der Waals surface area contributed by atoms with E-state index >= 15 is 0 Å². The molecule has 0 aliphatic carbocycles. The molecule has 0 atom stereocenters. The molecule has 2 rings (SSSR count). The first kappa shape index (κ1) is 18.7. The van der Waals surface area contributed by atoms with Gasteiger partial charge in [0.1, 0.15) is 5.75 Å². The van der Waals surface area contributed by atoms with Gasteiger partial charge in [-0.1, -0.05) is 6.07 Å². The van der Waals surface area contributed by atoms with Crippen LogP contribution >= 0.6 is 15.9 Å². The standard InChI is InChI=1S/C20H25BrO3/c1-14-7-8-18(20(11-14)22-4)23-9-5-6-10-24-19-13-16(3)15(2)12-17(19)21/h7-8,11-13H,5-6,9-10H2,1-4H3. The lowest BCUT2D eigenvalue weighted by atomic mass is 10.1. The third-order valence-electron chi connectivity index (χ3n) is 3.92. The van der Waals surface area contributed by atoms with Gasteiger partial charge in [-0.15, -0.1) is 0 Å². The summed E-state index contributed by atoms with van der Waals surface area (Å²) in [6.45, 7) is 7.55. The number of unbranched alkanes of at least 4 members (excludes halogenated alkanes) is 1. The number of benzene rings is 2. The van der Waals surface area contributed by atoms with Crippen molar-refractivity contribution in [2.45, 2.75) is 33.6 Å². The molecule has 0 aliphatic rings. The Labute approximate surface area is 153 Å². The van der Waals surface area contributed by atoms with Gasteiger partial charge in [0.2, 0.25) is 0 Å². The molecule has 0 aliphatic heterocycles. The van der Waals surface area contributed by atoms with Crippen LogP contribution in [0, 0.1) is 20.8 Å². The second-order valence-electron chi connectivity index (χ2n) is 5.93. The van der Waals surface area contributed by atoms with Crippen molar-refractivity contribution in [2.24, 2.45) is 0 Å². The van der Waals surface area contributed by atoms with Crippen LogP contribution in [0.2, 0.25) is 0 Å². The van der Waals surface area contributed by atoms with Crippen LogP contribution < -0.4 is 14.2 Å². The Balaban J connectivity index is 1.73. The quantitative estimate of drug-likeness (QED) is 0.545. The van der Waals surface area contributed by atoms with Gasteiger partial charge in [-0.2, -0.15) is 0 Å². The van der Waals surface area contributed by atoms with E-state index in [-0.39, 0.29) is 0 Å². The van der Waals surface area contributed by atoms with Crippen molar-refractivity contribution in [2.75, 3.05) is 20.3 Å². The monoisotopic (exact) mass is 392 g/mol. The molecular weight excluding hydrogens is 368 g/mol. The first-order chi connectivity index (χ1) is 11.5. The van der Waals surface area contributed by atoms with E-state index < -0.39 is 0 Å². The number of rotatable bonds is 8. The zero-order valence-corrected chi connectivity index (χ0v) is 16.4. The Kier molecular flexibility index (Phi) is 6.98. The Morgan fingerprint density at radius 2 is 1.42 bits per heavy atom. The Morgan fingerprint density at radius 1 is 0.792 bits per heavy atom. The summed E-state index contributed by atoms with van der Waals surface area (Å²) in [5.41, 5.74) is 3.66. The molecule has 0 saturated heterocycles. The maximum atomic E-state index is 5.86. The Hall–Kier alpha value is -1.68. The molecule has 130 valence electrons. The van der Waals surface area contributed by atoms with Crippen molar-refractivity contribution in [1.29, 1.82) is 0 Å². The largest absolute Gasteiger partial charge is 0.493 e. The SMILES string of the molecule is COc1cc(C)ccc1OCCCCOc1cc(C)c(C)cc1Br. The number of ether oxygens (including phenoxy) is 3. The minimum Gasteiger partial charge on any atom is -0.493 e. The molecule has 0 fully saturated rings. The first-order valence-corrected chi connectivity index (χ1v) is 8.97. The van der Waals surface area contributed by atoms with Gasteiger partial charge in [-0.3, -0.25) is 0 Å². The van der Waals surface area contributed by atoms with E-state index in [0.29, 0.717) is 13.2 Å². The summed E-state index contributed by atoms with van der Waals surface area (Å²) in [6, 6.07) is 10.1. The van der Waals surface area contributed by atoms with Crippen LogP contribution in [-0.4, -0.2) is 20.3 Å². The lowest BCUT2D eigenvalue weighted by Gasteiger charge is -2.12. The summed E-state index contributed by atoms with van der Waals surface area (Å²) in [6.07, 6.45) is 1.87. The minimum absolute atomic E-state index is 0.650. The van der Waals surface area contributed by atoms with Crippen molar-refractivity contribution in [3.8, 4) is 17.2 Å². The molecule has 0 spiro atoms. The third kappa shape index (κ3) is 5.17. The van der Waals surface area contributed by atoms with Gasteiger partial charge >= 0.3 is 0 Å². The van der Waals surface area contributed by atoms with Crippen molar-refractivity contribution >= 4 is 15.9 Å². The normalized spacial score (nSPS) is 10.5. The molecular formula is C20H25BrO3. The smallest absolute Gasteiger partial charge is 0.161 e. The molecule has 2 aromatic carbocycles. The fourth-order valence-electron chi connectivity index (χ4n) is 2.33. The highest BCUT2D eigenvalue weighted by Gasteiger charge is 2.05. The van der Waals surface area contributed by atoms with E-state index in [4.69, 9.17) is 14.2 Å². The lowest BCUT2D eigenvalue weighted by Crippen LogP contribution is -2.04. The Bertz CT molecular complexity index is 683. The van der Waals surface area contributed by atoms with Gasteiger partial charge in [0.25, 0.3) is 0 Å². The summed E-state index contributed by atoms with van der Waals surface area (Å²) >= 11 is 3.55. The Morgan fingerprint density at radius 3 is 2.08 bits per heavy atom. The zero-order valence-electron chi connectivity index (χ0n) is 14.8. The molecule has 2 aromatic rings. The number of hydrogen-bond acceptors (Lipinski definition) is 3. The van der Waals surface area contributed by atoms with Gasteiger partial charge in [-0.05, 0) is 90.5 Å². The van der Waals surface area contributed by atoms with Gasteiger partial charge in [0, 0.05) is 0 Å². The van der Waals surface area contributed by atoms with Gasteiger partial charge in [0.15, 0.2) is 11.5 Å². The molecule has 0 N–H and O–H groups in total. The van der Waals surface area contributed by atoms with Gasteiger partial charge in [-0.25, -0.2) is 0 Å². The second-order valence-corrected chi connectivity index (χ2v) is 6.78. The van der Waals surface area contributed by atoms with Crippen LogP contribution in [0.25, 0.3) is 0 Å². The highest BCUT2D eigenvalue weighted by atomic mass is 79.9. The molecule has 3 nitrogen and oxygen atoms in total. The fourth-order valence-corrected chi connectivity index (χ4v) is 2.90. The molecule has 0 heterocycles. The summed E-state index contributed by atoms with van der Waals surface area (Å²) in [4.78, 5) is 0. The molecule has 0 radical (unpaired) electrons. The number of methoxy groups -OCH3 is 1. The number of aryl methyl sites for hydroxylation is 3. The maximum absolute atomic E-state index is 5.86. The summed E-state index contributed by atoms with van der Waals surface area (Å²) in [5.74, 6) is 2.48. The van der Waals surface area contributed by atoms with Crippen LogP contribution in [-0.2, 0) is 0 Å². The van der Waals surface area contributed by atoms with Crippen molar-refractivity contribution < 1.29 is 14.2 Å². The van der Waals surface area contributed by atoms with Gasteiger partial charge in [0.05, 0.1) is 24.8 Å². The fraction of sp³-hybridized carbons (Fsp3) is 0.400. The van der Waals surface area contributed by atoms with Crippen molar-refractivity contribution in [1.82, 2.24) is 0 Å². The van der Waals surface area contributed by atoms with Gasteiger partial charge < -0.3 is 14.2 Å². The third-order valence-corrected chi connectivity index (χ3v) is 4.54. The van der Waals surface area contributed by atoms with E-state index in [2.05, 4.69) is 41.9 Å². The predicted molar refractivity (Wildman–Crippen MR) is 102 cm³/mol. The highest BCUT2D eigenvalue weighted by Crippen LogP contribution is 2.29. The minimum atomic E-state index is 0.650. The molecule has 4 heteroatoms. The average molecular weight is 393 g/mol. The summed E-state index contributed by atoms with van der Waals surface area (Å²) in [7, 11) is 1.66. The molecule has 24 heavy (non-hydrogen) atoms. The average Bonchev–Trinajstić information content (AvgIpc) is 2.56. The van der Waals surface area contributed by atoms with Crippen LogP contribution in [0.4, 0.5) is 0 Å². The highest BCUT2D eigenvalue weighted by molar-refractivity contribution is 9.10. The van der Waals surface area contributed by atoms with Crippen molar-refractivity contribution in [3.05, 3.63) is 51.5 Å². The topological polar surface area (TPSA) is 27.7 Å². The first-order valence-electron chi connectivity index (χ1n) is 8.18. The van der Waals surface area contributed by atoms with Crippen molar-refractivity contribution in [3.63, 3.8) is 0 Å². The summed E-state index contributed by atoms with van der Waals surface area (Å²) < 4.78 is 18.0. The van der Waals surface area contributed by atoms with Crippen LogP contribution in [0.3, 0.4) is 0 Å². The van der Waals surface area contributed by atoms with Crippen LogP contribution in [0.15, 0.2) is 34.8 Å². The lowest BCUT2D eigenvalue weighted by molar-refractivity contribution is 0.257. The molecule has 0 saturated carbocycles. The molecule has 0 bridgehead atoms. The second kappa shape index (κ2) is 8.97. The number of halogens is 1. The van der Waals surface area contributed by atoms with E-state index in [1.54, 1.807) is 7.11 Å². The predicted octanol–water partition coefficient (Wildman–Crippen LogP) is 5.62. The van der Waals surface area contributed by atoms with Crippen LogP contribution in [0.5, 0.6) is 17.2 Å². The van der Waals surface area contributed by atoms with Crippen LogP contribution in [0.1, 0.15) is 29.5 Å². The molecule has 0 aromatic heterocycles. The summed E-state index contributed by atoms with van der Waals surface area (Å²) in [5, 5.41) is 0. The molecule has 0 amide bonds. The molecule has 0 unspecified atom stereocenters.